The molecule has 0 unspecified atom stereocenters. The summed E-state index contributed by atoms with van der Waals surface area (Å²) in [4.78, 5) is 0. The van der Waals surface area contributed by atoms with Gasteiger partial charge in [0.1, 0.15) is 0 Å². The van der Waals surface area contributed by atoms with Crippen LogP contribution >= 0.6 is 0 Å². The van der Waals surface area contributed by atoms with Gasteiger partial charge in [-0.15, -0.1) is 0 Å². The van der Waals surface area contributed by atoms with Crippen molar-refractivity contribution in [2.24, 2.45) is 0 Å². The zero-order chi connectivity index (χ0) is 20.1. The van der Waals surface area contributed by atoms with Crippen LogP contribution in [0.5, 0.6) is 0 Å². The molecule has 0 bridgehead atoms. The zero-order valence-electron chi connectivity index (χ0n) is 18.8. The van der Waals surface area contributed by atoms with Gasteiger partial charge in [-0.25, -0.2) is 0 Å². The third-order valence-corrected chi connectivity index (χ3v) is 10.7. The maximum absolute atomic E-state index is 2.62. The molecular formula is C24H42Si3. The van der Waals surface area contributed by atoms with E-state index in [0.717, 1.165) is 0 Å². The Morgan fingerprint density at radius 1 is 0.519 bits per heavy atom. The maximum Gasteiger partial charge on any atom is 0.0782 e. The van der Waals surface area contributed by atoms with E-state index >= 15 is 0 Å². The van der Waals surface area contributed by atoms with Crippen molar-refractivity contribution in [3.63, 3.8) is 0 Å². The Bertz CT molecular complexity index is 533. The lowest BCUT2D eigenvalue weighted by Gasteiger charge is -2.09. The van der Waals surface area contributed by atoms with Crippen LogP contribution in [0.4, 0.5) is 0 Å². The summed E-state index contributed by atoms with van der Waals surface area (Å²) in [5, 5.41) is 5.02. The lowest BCUT2D eigenvalue weighted by atomic mass is 10.2. The highest BCUT2D eigenvalue weighted by molar-refractivity contribution is 6.66. The van der Waals surface area contributed by atoms with Crippen molar-refractivity contribution in [1.29, 1.82) is 0 Å². The molecule has 0 nitrogen and oxygen atoms in total. The maximum atomic E-state index is 2.62. The molecule has 0 aliphatic heterocycles. The molecule has 27 heavy (non-hydrogen) atoms. The Balaban J connectivity index is 3.11. The van der Waals surface area contributed by atoms with Gasteiger partial charge >= 0.3 is 0 Å². The van der Waals surface area contributed by atoms with Gasteiger partial charge in [0, 0.05) is 0 Å². The summed E-state index contributed by atoms with van der Waals surface area (Å²) in [6.45, 7) is 13.8. The first-order valence-corrected chi connectivity index (χ1v) is 15.8. The summed E-state index contributed by atoms with van der Waals surface area (Å²) >= 11 is 0. The Hall–Kier alpha value is -0.909. The molecular weight excluding hydrogens is 373 g/mol. The van der Waals surface area contributed by atoms with Crippen LogP contribution in [0.1, 0.15) is 80.1 Å². The van der Waals surface area contributed by atoms with Crippen molar-refractivity contribution in [2.45, 2.75) is 80.1 Å². The highest BCUT2D eigenvalue weighted by Crippen LogP contribution is 2.05. The lowest BCUT2D eigenvalue weighted by Crippen LogP contribution is -2.31. The number of benzene rings is 1. The van der Waals surface area contributed by atoms with Gasteiger partial charge < -0.3 is 0 Å². The Kier molecular flexibility index (Phi) is 12.6. The molecule has 0 N–H and O–H groups in total. The van der Waals surface area contributed by atoms with E-state index in [1.807, 2.05) is 0 Å². The normalized spacial score (nSPS) is 11.8. The fraction of sp³-hybridized carbons (Fsp3) is 0.500. The highest BCUT2D eigenvalue weighted by Gasteiger charge is 2.03. The summed E-state index contributed by atoms with van der Waals surface area (Å²) in [5.41, 5.74) is 12.8. The third kappa shape index (κ3) is 9.22. The van der Waals surface area contributed by atoms with E-state index < -0.39 is 0 Å². The van der Waals surface area contributed by atoms with Crippen LogP contribution in [0, 0.1) is 0 Å². The van der Waals surface area contributed by atoms with Gasteiger partial charge in [0.15, 0.2) is 0 Å². The number of hydrogen-bond donors (Lipinski definition) is 0. The Morgan fingerprint density at radius 2 is 0.741 bits per heavy atom. The van der Waals surface area contributed by atoms with E-state index in [0.29, 0.717) is 0 Å². The third-order valence-electron chi connectivity index (χ3n) is 5.72. The largest absolute Gasteiger partial charge is 0.0969 e. The molecule has 0 atom stereocenters. The first-order chi connectivity index (χ1) is 13.1. The molecule has 3 heteroatoms. The summed E-state index contributed by atoms with van der Waals surface area (Å²) in [7, 11) is -0.829. The van der Waals surface area contributed by atoms with Crippen LogP contribution in [-0.4, -0.2) is 28.6 Å². The van der Waals surface area contributed by atoms with Gasteiger partial charge in [0.25, 0.3) is 0 Å². The van der Waals surface area contributed by atoms with Crippen LogP contribution in [0.3, 0.4) is 0 Å². The molecule has 0 fully saturated rings. The standard InChI is InChI=1S/C24H42Si3/c1-7-19(8-2)16-25-22-13-23(26-17-20(9-3)10-4)15-24(14-22)27-18-21(11-5)12-6/h13-18H,7-12,25-27H2,1-6H3. The SMILES string of the molecule is CCC(=C[SiH2]c1cc([SiH2]C=C(CC)CC)cc([SiH2]C=C(CC)CC)c1)CC. The van der Waals surface area contributed by atoms with Crippen LogP contribution in [0.15, 0.2) is 52.0 Å². The Labute approximate surface area is 176 Å². The molecule has 0 radical (unpaired) electrons. The summed E-state index contributed by atoms with van der Waals surface area (Å²) in [6.07, 6.45) is 7.32. The molecule has 0 saturated carbocycles. The summed E-state index contributed by atoms with van der Waals surface area (Å²) < 4.78 is 0. The number of allylic oxidation sites excluding steroid dienone is 3. The van der Waals surface area contributed by atoms with Crippen LogP contribution in [-0.2, 0) is 0 Å². The van der Waals surface area contributed by atoms with Gasteiger partial charge in [0.05, 0.1) is 28.6 Å². The molecule has 0 amide bonds. The number of rotatable bonds is 12. The minimum Gasteiger partial charge on any atom is -0.0969 e. The van der Waals surface area contributed by atoms with E-state index in [9.17, 15) is 0 Å². The van der Waals surface area contributed by atoms with Crippen molar-refractivity contribution < 1.29 is 0 Å². The minimum atomic E-state index is -0.276. The molecule has 0 aliphatic carbocycles. The van der Waals surface area contributed by atoms with Crippen molar-refractivity contribution >= 4 is 44.1 Å². The second-order valence-corrected chi connectivity index (χ2v) is 12.4. The molecule has 0 aliphatic rings. The van der Waals surface area contributed by atoms with Crippen LogP contribution < -0.4 is 15.6 Å². The molecule has 1 aromatic rings. The zero-order valence-corrected chi connectivity index (χ0v) is 23.1. The van der Waals surface area contributed by atoms with Gasteiger partial charge in [-0.3, -0.25) is 0 Å². The first-order valence-electron chi connectivity index (χ1n) is 11.2. The van der Waals surface area contributed by atoms with Crippen molar-refractivity contribution in [1.82, 2.24) is 0 Å². The fourth-order valence-corrected chi connectivity index (χ4v) is 10.0. The summed E-state index contributed by atoms with van der Waals surface area (Å²) in [6, 6.07) is 7.71. The quantitative estimate of drug-likeness (QED) is 0.461. The van der Waals surface area contributed by atoms with Crippen LogP contribution in [0.25, 0.3) is 0 Å². The first kappa shape index (κ1) is 24.1. The molecule has 0 aromatic heterocycles. The molecule has 0 heterocycles. The van der Waals surface area contributed by atoms with Gasteiger partial charge in [-0.05, 0) is 38.5 Å². The van der Waals surface area contributed by atoms with Crippen LogP contribution in [0.2, 0.25) is 0 Å². The minimum absolute atomic E-state index is 0.276. The monoisotopic (exact) mass is 414 g/mol. The van der Waals surface area contributed by atoms with Gasteiger partial charge in [0.2, 0.25) is 0 Å². The Morgan fingerprint density at radius 3 is 0.926 bits per heavy atom. The summed E-state index contributed by atoms with van der Waals surface area (Å²) in [5.74, 6) is 0. The molecule has 0 spiro atoms. The molecule has 0 saturated heterocycles. The van der Waals surface area contributed by atoms with E-state index in [1.165, 1.54) is 38.5 Å². The van der Waals surface area contributed by atoms with E-state index in [1.54, 1.807) is 32.3 Å². The lowest BCUT2D eigenvalue weighted by molar-refractivity contribution is 0.982. The average molecular weight is 415 g/mol. The topological polar surface area (TPSA) is 0 Å². The van der Waals surface area contributed by atoms with E-state index in [4.69, 9.17) is 0 Å². The van der Waals surface area contributed by atoms with E-state index in [-0.39, 0.29) is 28.6 Å². The van der Waals surface area contributed by atoms with Crippen molar-refractivity contribution in [2.75, 3.05) is 0 Å². The predicted octanol–water partition coefficient (Wildman–Crippen LogP) is 3.18. The molecule has 1 aromatic carbocycles. The molecule has 150 valence electrons. The fourth-order valence-electron chi connectivity index (χ4n) is 3.60. The second-order valence-electron chi connectivity index (χ2n) is 7.48. The second kappa shape index (κ2) is 14.1. The van der Waals surface area contributed by atoms with Crippen molar-refractivity contribution in [3.8, 4) is 0 Å². The van der Waals surface area contributed by atoms with Crippen molar-refractivity contribution in [3.05, 3.63) is 52.0 Å². The average Bonchev–Trinajstić information content (AvgIpc) is 2.70. The molecule has 1 rings (SSSR count). The smallest absolute Gasteiger partial charge is 0.0782 e. The highest BCUT2D eigenvalue weighted by atomic mass is 28.2. The van der Waals surface area contributed by atoms with Gasteiger partial charge in [-0.2, -0.15) is 0 Å². The predicted molar refractivity (Wildman–Crippen MR) is 137 cm³/mol. The number of hydrogen-bond acceptors (Lipinski definition) is 0. The van der Waals surface area contributed by atoms with E-state index in [2.05, 4.69) is 76.8 Å². The van der Waals surface area contributed by atoms with Gasteiger partial charge in [-0.1, -0.05) is 109 Å².